The molecule has 1 fully saturated rings. The lowest BCUT2D eigenvalue weighted by molar-refractivity contribution is 0.549. The van der Waals surface area contributed by atoms with Crippen molar-refractivity contribution in [3.8, 4) is 0 Å². The molecule has 0 bridgehead atoms. The van der Waals surface area contributed by atoms with E-state index in [2.05, 4.69) is 49.6 Å². The SMILES string of the molecule is Cc1ccc(C(C)C)cc1NCCC1CCNC1. The van der Waals surface area contributed by atoms with Gasteiger partial charge in [-0.15, -0.1) is 0 Å². The third kappa shape index (κ3) is 3.49. The fourth-order valence-corrected chi connectivity index (χ4v) is 2.56. The second-order valence-corrected chi connectivity index (χ2v) is 5.80. The number of anilines is 1. The van der Waals surface area contributed by atoms with E-state index in [9.17, 15) is 0 Å². The molecule has 2 rings (SSSR count). The van der Waals surface area contributed by atoms with Gasteiger partial charge in [0.2, 0.25) is 0 Å². The first-order valence-electron chi connectivity index (χ1n) is 7.22. The predicted octanol–water partition coefficient (Wildman–Crippen LogP) is 3.53. The van der Waals surface area contributed by atoms with Crippen molar-refractivity contribution in [2.24, 2.45) is 5.92 Å². The Morgan fingerprint density at radius 2 is 2.22 bits per heavy atom. The minimum absolute atomic E-state index is 0.602. The number of benzene rings is 1. The molecule has 0 saturated carbocycles. The largest absolute Gasteiger partial charge is 0.385 e. The average Bonchev–Trinajstić information content (AvgIpc) is 2.84. The summed E-state index contributed by atoms with van der Waals surface area (Å²) in [6.07, 6.45) is 2.62. The molecule has 0 aliphatic carbocycles. The zero-order chi connectivity index (χ0) is 13.0. The van der Waals surface area contributed by atoms with E-state index in [1.54, 1.807) is 0 Å². The molecule has 1 aliphatic heterocycles. The van der Waals surface area contributed by atoms with Gasteiger partial charge < -0.3 is 10.6 Å². The van der Waals surface area contributed by atoms with Crippen LogP contribution in [0, 0.1) is 12.8 Å². The number of hydrogen-bond donors (Lipinski definition) is 2. The summed E-state index contributed by atoms with van der Waals surface area (Å²) in [4.78, 5) is 0. The van der Waals surface area contributed by atoms with Crippen molar-refractivity contribution >= 4 is 5.69 Å². The summed E-state index contributed by atoms with van der Waals surface area (Å²) in [5, 5.41) is 7.04. The van der Waals surface area contributed by atoms with Crippen LogP contribution in [-0.2, 0) is 0 Å². The topological polar surface area (TPSA) is 24.1 Å². The molecule has 18 heavy (non-hydrogen) atoms. The standard InChI is InChI=1S/C16H26N2/c1-12(2)15-5-4-13(3)16(10-15)18-9-7-14-6-8-17-11-14/h4-5,10,12,14,17-18H,6-9,11H2,1-3H3. The van der Waals surface area contributed by atoms with Crippen molar-refractivity contribution in [3.05, 3.63) is 29.3 Å². The highest BCUT2D eigenvalue weighted by molar-refractivity contribution is 5.53. The molecule has 1 heterocycles. The lowest BCUT2D eigenvalue weighted by Gasteiger charge is -2.15. The molecule has 100 valence electrons. The highest BCUT2D eigenvalue weighted by Gasteiger charge is 2.13. The third-order valence-corrected chi connectivity index (χ3v) is 3.96. The van der Waals surface area contributed by atoms with Gasteiger partial charge in [-0.25, -0.2) is 0 Å². The Kier molecular flexibility index (Phi) is 4.65. The highest BCUT2D eigenvalue weighted by Crippen LogP contribution is 2.22. The zero-order valence-corrected chi connectivity index (χ0v) is 11.9. The molecule has 1 aromatic rings. The Bertz CT molecular complexity index is 379. The molecule has 0 amide bonds. The van der Waals surface area contributed by atoms with Gasteiger partial charge in [0.1, 0.15) is 0 Å². The van der Waals surface area contributed by atoms with Crippen LogP contribution in [0.4, 0.5) is 5.69 Å². The molecule has 0 aromatic heterocycles. The van der Waals surface area contributed by atoms with Crippen LogP contribution in [-0.4, -0.2) is 19.6 Å². The smallest absolute Gasteiger partial charge is 0.0372 e. The van der Waals surface area contributed by atoms with Crippen LogP contribution in [0.15, 0.2) is 18.2 Å². The van der Waals surface area contributed by atoms with Crippen molar-refractivity contribution in [2.45, 2.75) is 39.5 Å². The summed E-state index contributed by atoms with van der Waals surface area (Å²) < 4.78 is 0. The average molecular weight is 246 g/mol. The maximum absolute atomic E-state index is 3.61. The zero-order valence-electron chi connectivity index (χ0n) is 11.9. The van der Waals surface area contributed by atoms with E-state index in [0.29, 0.717) is 5.92 Å². The van der Waals surface area contributed by atoms with Gasteiger partial charge in [-0.3, -0.25) is 0 Å². The van der Waals surface area contributed by atoms with Crippen molar-refractivity contribution in [1.29, 1.82) is 0 Å². The molecule has 1 aromatic carbocycles. The monoisotopic (exact) mass is 246 g/mol. The quantitative estimate of drug-likeness (QED) is 0.830. The van der Waals surface area contributed by atoms with Gasteiger partial charge in [-0.05, 0) is 61.9 Å². The summed E-state index contributed by atoms with van der Waals surface area (Å²) in [5.41, 5.74) is 4.08. The van der Waals surface area contributed by atoms with Crippen molar-refractivity contribution in [2.75, 3.05) is 25.0 Å². The summed E-state index contributed by atoms with van der Waals surface area (Å²) in [7, 11) is 0. The maximum Gasteiger partial charge on any atom is 0.0372 e. The summed E-state index contributed by atoms with van der Waals surface area (Å²) >= 11 is 0. The molecule has 0 radical (unpaired) electrons. The van der Waals surface area contributed by atoms with Crippen LogP contribution >= 0.6 is 0 Å². The Morgan fingerprint density at radius 1 is 1.39 bits per heavy atom. The van der Waals surface area contributed by atoms with E-state index in [4.69, 9.17) is 0 Å². The van der Waals surface area contributed by atoms with E-state index in [-0.39, 0.29) is 0 Å². The molecule has 2 N–H and O–H groups in total. The second kappa shape index (κ2) is 6.24. The maximum atomic E-state index is 3.61. The number of nitrogens with one attached hydrogen (secondary N) is 2. The van der Waals surface area contributed by atoms with Gasteiger partial charge in [0, 0.05) is 12.2 Å². The van der Waals surface area contributed by atoms with E-state index in [0.717, 1.165) is 12.5 Å². The van der Waals surface area contributed by atoms with Gasteiger partial charge in [0.15, 0.2) is 0 Å². The normalized spacial score (nSPS) is 19.4. The van der Waals surface area contributed by atoms with Crippen LogP contribution in [0.3, 0.4) is 0 Å². The van der Waals surface area contributed by atoms with Crippen LogP contribution in [0.25, 0.3) is 0 Å². The summed E-state index contributed by atoms with van der Waals surface area (Å²) in [6.45, 7) is 10.2. The molecular weight excluding hydrogens is 220 g/mol. The molecular formula is C16H26N2. The van der Waals surface area contributed by atoms with Crippen LogP contribution in [0.5, 0.6) is 0 Å². The molecule has 1 unspecified atom stereocenters. The Morgan fingerprint density at radius 3 is 2.89 bits per heavy atom. The molecule has 2 heteroatoms. The van der Waals surface area contributed by atoms with Gasteiger partial charge in [-0.2, -0.15) is 0 Å². The van der Waals surface area contributed by atoms with E-state index in [1.807, 2.05) is 0 Å². The van der Waals surface area contributed by atoms with Crippen molar-refractivity contribution in [1.82, 2.24) is 5.32 Å². The Balaban J connectivity index is 1.89. The van der Waals surface area contributed by atoms with Crippen molar-refractivity contribution in [3.63, 3.8) is 0 Å². The Labute approximate surface area is 111 Å². The van der Waals surface area contributed by atoms with Crippen LogP contribution in [0.1, 0.15) is 43.7 Å². The van der Waals surface area contributed by atoms with Gasteiger partial charge in [0.05, 0.1) is 0 Å². The highest BCUT2D eigenvalue weighted by atomic mass is 14.9. The second-order valence-electron chi connectivity index (χ2n) is 5.80. The fourth-order valence-electron chi connectivity index (χ4n) is 2.56. The lowest BCUT2D eigenvalue weighted by atomic mass is 10.0. The number of aryl methyl sites for hydroxylation is 1. The molecule has 1 atom stereocenters. The minimum Gasteiger partial charge on any atom is -0.385 e. The molecule has 0 spiro atoms. The van der Waals surface area contributed by atoms with Crippen molar-refractivity contribution < 1.29 is 0 Å². The van der Waals surface area contributed by atoms with Crippen LogP contribution in [0.2, 0.25) is 0 Å². The van der Waals surface area contributed by atoms with Gasteiger partial charge >= 0.3 is 0 Å². The van der Waals surface area contributed by atoms with E-state index < -0.39 is 0 Å². The van der Waals surface area contributed by atoms with E-state index >= 15 is 0 Å². The Hall–Kier alpha value is -1.02. The minimum atomic E-state index is 0.602. The number of hydrogen-bond acceptors (Lipinski definition) is 2. The lowest BCUT2D eigenvalue weighted by Crippen LogP contribution is -2.13. The molecule has 2 nitrogen and oxygen atoms in total. The summed E-state index contributed by atoms with van der Waals surface area (Å²) in [5.74, 6) is 1.47. The first kappa shape index (κ1) is 13.4. The van der Waals surface area contributed by atoms with E-state index in [1.165, 1.54) is 42.7 Å². The summed E-state index contributed by atoms with van der Waals surface area (Å²) in [6, 6.07) is 6.79. The number of rotatable bonds is 5. The predicted molar refractivity (Wildman–Crippen MR) is 79.4 cm³/mol. The van der Waals surface area contributed by atoms with Gasteiger partial charge in [0.25, 0.3) is 0 Å². The first-order chi connectivity index (χ1) is 8.66. The van der Waals surface area contributed by atoms with Gasteiger partial charge in [-0.1, -0.05) is 26.0 Å². The van der Waals surface area contributed by atoms with Crippen LogP contribution < -0.4 is 10.6 Å². The molecule has 1 aliphatic rings. The fraction of sp³-hybridized carbons (Fsp3) is 0.625. The third-order valence-electron chi connectivity index (χ3n) is 3.96. The molecule has 1 saturated heterocycles. The first-order valence-corrected chi connectivity index (χ1v) is 7.22.